The number of alkyl halides is 3. The van der Waals surface area contributed by atoms with Crippen molar-refractivity contribution in [2.24, 2.45) is 0 Å². The molecule has 1 aliphatic rings. The molecular formula is C20H24F3N3O2. The highest BCUT2D eigenvalue weighted by molar-refractivity contribution is 5.63. The number of hydrogen-bond donors (Lipinski definition) is 0. The molecule has 1 aromatic heterocycles. The summed E-state index contributed by atoms with van der Waals surface area (Å²) in [6.07, 6.45) is 2.06. The summed E-state index contributed by atoms with van der Waals surface area (Å²) in [5.74, 6) is 0.463. The van der Waals surface area contributed by atoms with Gasteiger partial charge in [0.15, 0.2) is 5.82 Å². The minimum atomic E-state index is -4.57. The van der Waals surface area contributed by atoms with E-state index >= 15 is 0 Å². The lowest BCUT2D eigenvalue weighted by atomic mass is 9.98. The quantitative estimate of drug-likeness (QED) is 0.658. The fraction of sp³-hybridized carbons (Fsp3) is 0.500. The van der Waals surface area contributed by atoms with Crippen LogP contribution in [0.25, 0.3) is 0 Å². The Morgan fingerprint density at radius 3 is 2.39 bits per heavy atom. The van der Waals surface area contributed by atoms with Gasteiger partial charge in [-0.15, -0.1) is 0 Å². The lowest BCUT2D eigenvalue weighted by Gasteiger charge is -2.24. The fourth-order valence-electron chi connectivity index (χ4n) is 3.26. The smallest absolute Gasteiger partial charge is 0.421 e. The molecule has 0 amide bonds. The number of benzene rings is 1. The van der Waals surface area contributed by atoms with E-state index in [1.165, 1.54) is 31.2 Å². The van der Waals surface area contributed by atoms with Gasteiger partial charge in [0.05, 0.1) is 12.7 Å². The van der Waals surface area contributed by atoms with Gasteiger partial charge in [0.25, 0.3) is 0 Å². The van der Waals surface area contributed by atoms with E-state index in [-0.39, 0.29) is 24.5 Å². The zero-order valence-electron chi connectivity index (χ0n) is 16.0. The Bertz CT molecular complexity index is 775. The average Bonchev–Trinajstić information content (AvgIpc) is 2.68. The van der Waals surface area contributed by atoms with Gasteiger partial charge >= 0.3 is 12.2 Å². The van der Waals surface area contributed by atoms with Gasteiger partial charge in [0.1, 0.15) is 11.3 Å². The first-order valence-electron chi connectivity index (χ1n) is 9.46. The Kier molecular flexibility index (Phi) is 6.26. The maximum Gasteiger partial charge on any atom is 0.421 e. The number of ether oxygens (including phenoxy) is 2. The SMILES string of the molecule is CCOc1ncc(C(F)(F)F)c(N(C)c2ccc(OC3CCCCC3)cc2)n1. The minimum Gasteiger partial charge on any atom is -0.490 e. The van der Waals surface area contributed by atoms with Gasteiger partial charge in [0.2, 0.25) is 0 Å². The Morgan fingerprint density at radius 2 is 1.79 bits per heavy atom. The molecule has 8 heteroatoms. The van der Waals surface area contributed by atoms with Crippen LogP contribution in [-0.4, -0.2) is 29.7 Å². The lowest BCUT2D eigenvalue weighted by molar-refractivity contribution is -0.137. The van der Waals surface area contributed by atoms with Gasteiger partial charge in [-0.05, 0) is 56.9 Å². The van der Waals surface area contributed by atoms with Crippen molar-refractivity contribution in [3.05, 3.63) is 36.0 Å². The number of halogens is 3. The normalized spacial score (nSPS) is 15.3. The lowest BCUT2D eigenvalue weighted by Crippen LogP contribution is -2.20. The molecule has 1 heterocycles. The number of anilines is 2. The van der Waals surface area contributed by atoms with Gasteiger partial charge in [0, 0.05) is 18.9 Å². The summed E-state index contributed by atoms with van der Waals surface area (Å²) in [5, 5.41) is 0. The molecule has 0 atom stereocenters. The Labute approximate surface area is 162 Å². The van der Waals surface area contributed by atoms with E-state index in [1.807, 2.05) is 0 Å². The molecular weight excluding hydrogens is 371 g/mol. The van der Waals surface area contributed by atoms with E-state index in [4.69, 9.17) is 9.47 Å². The van der Waals surface area contributed by atoms with Crippen LogP contribution in [0.1, 0.15) is 44.6 Å². The van der Waals surface area contributed by atoms with E-state index in [9.17, 15) is 13.2 Å². The highest BCUT2D eigenvalue weighted by Gasteiger charge is 2.36. The summed E-state index contributed by atoms with van der Waals surface area (Å²) in [4.78, 5) is 8.99. The third-order valence-corrected chi connectivity index (χ3v) is 4.72. The molecule has 1 fully saturated rings. The van der Waals surface area contributed by atoms with E-state index in [1.54, 1.807) is 31.2 Å². The Morgan fingerprint density at radius 1 is 1.11 bits per heavy atom. The van der Waals surface area contributed by atoms with Crippen LogP contribution in [-0.2, 0) is 6.18 Å². The molecule has 0 bridgehead atoms. The number of aromatic nitrogens is 2. The molecule has 0 saturated heterocycles. The second kappa shape index (κ2) is 8.67. The molecule has 0 unspecified atom stereocenters. The summed E-state index contributed by atoms with van der Waals surface area (Å²) in [6, 6.07) is 6.91. The minimum absolute atomic E-state index is 0.0883. The standard InChI is InChI=1S/C20H24F3N3O2/c1-3-27-19-24-13-17(20(21,22)23)18(25-19)26(2)14-9-11-16(12-10-14)28-15-7-5-4-6-8-15/h9-13,15H,3-8H2,1-2H3. The summed E-state index contributed by atoms with van der Waals surface area (Å²) >= 11 is 0. The van der Waals surface area contributed by atoms with Crippen LogP contribution in [0.15, 0.2) is 30.5 Å². The zero-order valence-corrected chi connectivity index (χ0v) is 16.0. The first-order valence-corrected chi connectivity index (χ1v) is 9.46. The summed E-state index contributed by atoms with van der Waals surface area (Å²) in [5.41, 5.74) is -0.358. The third kappa shape index (κ3) is 4.85. The average molecular weight is 395 g/mol. The molecule has 3 rings (SSSR count). The van der Waals surface area contributed by atoms with Crippen molar-refractivity contribution in [1.29, 1.82) is 0 Å². The third-order valence-electron chi connectivity index (χ3n) is 4.72. The predicted molar refractivity (Wildman–Crippen MR) is 100 cm³/mol. The van der Waals surface area contributed by atoms with Gasteiger partial charge in [-0.2, -0.15) is 18.2 Å². The van der Waals surface area contributed by atoms with Crippen LogP contribution in [0.3, 0.4) is 0 Å². The molecule has 1 saturated carbocycles. The summed E-state index contributed by atoms with van der Waals surface area (Å²) in [6.45, 7) is 1.98. The van der Waals surface area contributed by atoms with Crippen LogP contribution in [0.2, 0.25) is 0 Å². The van der Waals surface area contributed by atoms with Gasteiger partial charge < -0.3 is 14.4 Å². The van der Waals surface area contributed by atoms with Crippen molar-refractivity contribution >= 4 is 11.5 Å². The number of nitrogens with zero attached hydrogens (tertiary/aromatic N) is 3. The van der Waals surface area contributed by atoms with Crippen molar-refractivity contribution in [2.75, 3.05) is 18.6 Å². The molecule has 5 nitrogen and oxygen atoms in total. The van der Waals surface area contributed by atoms with Gasteiger partial charge in [-0.3, -0.25) is 0 Å². The molecule has 152 valence electrons. The fourth-order valence-corrected chi connectivity index (χ4v) is 3.26. The van der Waals surface area contributed by atoms with Crippen molar-refractivity contribution in [2.45, 2.75) is 51.3 Å². The molecule has 0 N–H and O–H groups in total. The highest BCUT2D eigenvalue weighted by Crippen LogP contribution is 2.38. The topological polar surface area (TPSA) is 47.5 Å². The monoisotopic (exact) mass is 395 g/mol. The Balaban J connectivity index is 1.82. The van der Waals surface area contributed by atoms with Crippen molar-refractivity contribution in [1.82, 2.24) is 9.97 Å². The maximum atomic E-state index is 13.4. The number of rotatable bonds is 6. The molecule has 1 aliphatic carbocycles. The summed E-state index contributed by atoms with van der Waals surface area (Å²) < 4.78 is 51.3. The molecule has 0 spiro atoms. The van der Waals surface area contributed by atoms with E-state index in [0.717, 1.165) is 24.8 Å². The maximum absolute atomic E-state index is 13.4. The second-order valence-corrected chi connectivity index (χ2v) is 6.75. The Hall–Kier alpha value is -2.51. The molecule has 1 aromatic carbocycles. The zero-order chi connectivity index (χ0) is 20.1. The molecule has 2 aromatic rings. The second-order valence-electron chi connectivity index (χ2n) is 6.75. The summed E-state index contributed by atoms with van der Waals surface area (Å²) in [7, 11) is 1.53. The van der Waals surface area contributed by atoms with Crippen LogP contribution < -0.4 is 14.4 Å². The van der Waals surface area contributed by atoms with Crippen molar-refractivity contribution in [3.63, 3.8) is 0 Å². The van der Waals surface area contributed by atoms with Crippen molar-refractivity contribution < 1.29 is 22.6 Å². The van der Waals surface area contributed by atoms with Crippen LogP contribution >= 0.6 is 0 Å². The van der Waals surface area contributed by atoms with E-state index < -0.39 is 11.7 Å². The van der Waals surface area contributed by atoms with Gasteiger partial charge in [-0.25, -0.2) is 4.98 Å². The molecule has 28 heavy (non-hydrogen) atoms. The first kappa shape index (κ1) is 20.2. The van der Waals surface area contributed by atoms with E-state index in [2.05, 4.69) is 9.97 Å². The van der Waals surface area contributed by atoms with Crippen LogP contribution in [0.5, 0.6) is 11.8 Å². The molecule has 0 radical (unpaired) electrons. The largest absolute Gasteiger partial charge is 0.490 e. The van der Waals surface area contributed by atoms with Crippen LogP contribution in [0.4, 0.5) is 24.7 Å². The highest BCUT2D eigenvalue weighted by atomic mass is 19.4. The van der Waals surface area contributed by atoms with Crippen molar-refractivity contribution in [3.8, 4) is 11.8 Å². The van der Waals surface area contributed by atoms with E-state index in [0.29, 0.717) is 5.69 Å². The van der Waals surface area contributed by atoms with Gasteiger partial charge in [-0.1, -0.05) is 6.42 Å². The first-order chi connectivity index (χ1) is 13.4. The van der Waals surface area contributed by atoms with Crippen LogP contribution in [0, 0.1) is 0 Å². The predicted octanol–water partition coefficient (Wildman–Crippen LogP) is 5.37. The molecule has 0 aliphatic heterocycles. The number of hydrogen-bond acceptors (Lipinski definition) is 5.